The number of carbonyl (C=O) groups is 1. The molecule has 3 heteroatoms. The Bertz CT molecular complexity index is 299. The van der Waals surface area contributed by atoms with Crippen molar-refractivity contribution in [3.05, 3.63) is 22.4 Å². The number of nitrogens with two attached hydrogens (primary N) is 1. The lowest BCUT2D eigenvalue weighted by Crippen LogP contribution is -2.29. The summed E-state index contributed by atoms with van der Waals surface area (Å²) in [6.07, 6.45) is 3.94. The monoisotopic (exact) mass is 209 g/mol. The lowest BCUT2D eigenvalue weighted by molar-refractivity contribution is 0.0885. The van der Waals surface area contributed by atoms with Crippen molar-refractivity contribution in [1.82, 2.24) is 0 Å². The molecule has 1 aliphatic carbocycles. The van der Waals surface area contributed by atoms with Crippen molar-refractivity contribution in [2.24, 2.45) is 11.7 Å². The fraction of sp³-hybridized carbons (Fsp3) is 0.545. The largest absolute Gasteiger partial charge is 0.328 e. The smallest absolute Gasteiger partial charge is 0.166 e. The van der Waals surface area contributed by atoms with E-state index in [0.29, 0.717) is 11.8 Å². The first kappa shape index (κ1) is 9.87. The van der Waals surface area contributed by atoms with Crippen LogP contribution in [0.25, 0.3) is 0 Å². The molecule has 0 radical (unpaired) electrons. The van der Waals surface area contributed by atoms with Gasteiger partial charge in [-0.25, -0.2) is 0 Å². The van der Waals surface area contributed by atoms with Gasteiger partial charge in [-0.1, -0.05) is 0 Å². The Labute approximate surface area is 88.1 Å². The van der Waals surface area contributed by atoms with E-state index in [1.54, 1.807) is 11.3 Å². The highest BCUT2D eigenvalue weighted by atomic mass is 32.1. The number of hydrogen-bond acceptors (Lipinski definition) is 3. The van der Waals surface area contributed by atoms with E-state index in [1.807, 2.05) is 16.8 Å². The van der Waals surface area contributed by atoms with E-state index in [9.17, 15) is 4.79 Å². The lowest BCUT2D eigenvalue weighted by Gasteiger charge is -2.24. The van der Waals surface area contributed by atoms with Crippen LogP contribution in [0.3, 0.4) is 0 Å². The molecule has 0 atom stereocenters. The molecule has 1 aliphatic rings. The number of thiophene rings is 1. The van der Waals surface area contributed by atoms with Crippen molar-refractivity contribution < 1.29 is 4.79 Å². The summed E-state index contributed by atoms with van der Waals surface area (Å²) in [4.78, 5) is 11.9. The molecule has 2 rings (SSSR count). The van der Waals surface area contributed by atoms with Crippen molar-refractivity contribution >= 4 is 17.1 Å². The van der Waals surface area contributed by atoms with E-state index in [-0.39, 0.29) is 5.92 Å². The normalized spacial score (nSPS) is 27.5. The first-order valence-electron chi connectivity index (χ1n) is 5.09. The molecule has 0 aromatic carbocycles. The van der Waals surface area contributed by atoms with Crippen molar-refractivity contribution in [2.45, 2.75) is 31.7 Å². The van der Waals surface area contributed by atoms with Gasteiger partial charge in [0.25, 0.3) is 0 Å². The van der Waals surface area contributed by atoms with Gasteiger partial charge in [-0.05, 0) is 37.1 Å². The Morgan fingerprint density at radius 2 is 2.07 bits per heavy atom. The summed E-state index contributed by atoms with van der Waals surface area (Å²) in [5, 5.41) is 3.90. The second-order valence-corrected chi connectivity index (χ2v) is 4.77. The van der Waals surface area contributed by atoms with Crippen LogP contribution in [0, 0.1) is 5.92 Å². The summed E-state index contributed by atoms with van der Waals surface area (Å²) in [5.74, 6) is 0.544. The third-order valence-electron chi connectivity index (χ3n) is 2.95. The van der Waals surface area contributed by atoms with Crippen LogP contribution in [0.15, 0.2) is 16.8 Å². The Morgan fingerprint density at radius 1 is 1.36 bits per heavy atom. The summed E-state index contributed by atoms with van der Waals surface area (Å²) in [7, 11) is 0. The van der Waals surface area contributed by atoms with Crippen LogP contribution in [0.4, 0.5) is 0 Å². The van der Waals surface area contributed by atoms with E-state index in [4.69, 9.17) is 5.73 Å². The molecule has 1 aromatic heterocycles. The molecule has 14 heavy (non-hydrogen) atoms. The molecule has 0 spiro atoms. The molecule has 2 N–H and O–H groups in total. The average molecular weight is 209 g/mol. The zero-order chi connectivity index (χ0) is 9.97. The minimum Gasteiger partial charge on any atom is -0.328 e. The summed E-state index contributed by atoms with van der Waals surface area (Å²) < 4.78 is 0. The minimum atomic E-state index is 0.226. The van der Waals surface area contributed by atoms with Gasteiger partial charge in [-0.2, -0.15) is 11.3 Å². The molecule has 76 valence electrons. The summed E-state index contributed by atoms with van der Waals surface area (Å²) >= 11 is 1.59. The van der Waals surface area contributed by atoms with Crippen molar-refractivity contribution in [3.63, 3.8) is 0 Å². The molecular weight excluding hydrogens is 194 g/mol. The molecular formula is C11H15NOS. The van der Waals surface area contributed by atoms with Gasteiger partial charge >= 0.3 is 0 Å². The average Bonchev–Trinajstić information content (AvgIpc) is 2.71. The lowest BCUT2D eigenvalue weighted by atomic mass is 9.82. The summed E-state index contributed by atoms with van der Waals surface area (Å²) in [6, 6.07) is 2.24. The van der Waals surface area contributed by atoms with Crippen LogP contribution in [0.1, 0.15) is 36.0 Å². The minimum absolute atomic E-state index is 0.226. The third-order valence-corrected chi connectivity index (χ3v) is 3.63. The van der Waals surface area contributed by atoms with Crippen LogP contribution in [-0.4, -0.2) is 11.8 Å². The fourth-order valence-electron chi connectivity index (χ4n) is 2.02. The number of hydrogen-bond donors (Lipinski definition) is 1. The van der Waals surface area contributed by atoms with Crippen molar-refractivity contribution in [2.75, 3.05) is 0 Å². The molecule has 1 aromatic rings. The van der Waals surface area contributed by atoms with Crippen molar-refractivity contribution in [3.8, 4) is 0 Å². The van der Waals surface area contributed by atoms with Gasteiger partial charge in [0.2, 0.25) is 0 Å². The zero-order valence-corrected chi connectivity index (χ0v) is 8.93. The SMILES string of the molecule is NC1CCC(C(=O)c2ccsc2)CC1. The van der Waals surface area contributed by atoms with Crippen LogP contribution < -0.4 is 5.73 Å². The first-order chi connectivity index (χ1) is 6.77. The zero-order valence-electron chi connectivity index (χ0n) is 8.11. The Kier molecular flexibility index (Phi) is 2.99. The molecule has 1 fully saturated rings. The third kappa shape index (κ3) is 2.04. The van der Waals surface area contributed by atoms with Gasteiger partial charge < -0.3 is 5.73 Å². The number of carbonyl (C=O) groups excluding carboxylic acids is 1. The van der Waals surface area contributed by atoms with Gasteiger partial charge in [0.05, 0.1) is 0 Å². The Morgan fingerprint density at radius 3 is 2.64 bits per heavy atom. The van der Waals surface area contributed by atoms with Crippen LogP contribution in [-0.2, 0) is 0 Å². The van der Waals surface area contributed by atoms with Gasteiger partial charge in [0.1, 0.15) is 0 Å². The Hall–Kier alpha value is -0.670. The topological polar surface area (TPSA) is 43.1 Å². The van der Waals surface area contributed by atoms with Gasteiger partial charge in [-0.15, -0.1) is 0 Å². The standard InChI is InChI=1S/C11H15NOS/c12-10-3-1-8(2-4-10)11(13)9-5-6-14-7-9/h5-8,10H,1-4,12H2. The van der Waals surface area contributed by atoms with Crippen LogP contribution >= 0.6 is 11.3 Å². The van der Waals surface area contributed by atoms with Gasteiger partial charge in [0, 0.05) is 22.9 Å². The molecule has 0 aliphatic heterocycles. The maximum Gasteiger partial charge on any atom is 0.166 e. The maximum atomic E-state index is 11.9. The van der Waals surface area contributed by atoms with Crippen LogP contribution in [0.2, 0.25) is 0 Å². The molecule has 1 saturated carbocycles. The van der Waals surface area contributed by atoms with Crippen molar-refractivity contribution in [1.29, 1.82) is 0 Å². The number of rotatable bonds is 2. The highest BCUT2D eigenvalue weighted by Gasteiger charge is 2.25. The van der Waals surface area contributed by atoms with E-state index in [1.165, 1.54) is 0 Å². The van der Waals surface area contributed by atoms with Gasteiger partial charge in [-0.3, -0.25) is 4.79 Å². The number of ketones is 1. The predicted octanol–water partition coefficient (Wildman–Crippen LogP) is 2.45. The second-order valence-electron chi connectivity index (χ2n) is 3.99. The van der Waals surface area contributed by atoms with Gasteiger partial charge in [0.15, 0.2) is 5.78 Å². The van der Waals surface area contributed by atoms with Crippen LogP contribution in [0.5, 0.6) is 0 Å². The molecule has 1 heterocycles. The van der Waals surface area contributed by atoms with E-state index >= 15 is 0 Å². The second kappa shape index (κ2) is 4.24. The summed E-state index contributed by atoms with van der Waals surface area (Å²) in [5.41, 5.74) is 6.69. The first-order valence-corrected chi connectivity index (χ1v) is 6.03. The maximum absolute atomic E-state index is 11.9. The fourth-order valence-corrected chi connectivity index (χ4v) is 2.67. The van der Waals surface area contributed by atoms with E-state index < -0.39 is 0 Å². The summed E-state index contributed by atoms with van der Waals surface area (Å²) in [6.45, 7) is 0. The Balaban J connectivity index is 1.99. The van der Waals surface area contributed by atoms with E-state index in [0.717, 1.165) is 31.2 Å². The molecule has 0 unspecified atom stereocenters. The number of Topliss-reactive ketones (excluding diaryl/α,β-unsaturated/α-hetero) is 1. The quantitative estimate of drug-likeness (QED) is 0.760. The molecule has 2 nitrogen and oxygen atoms in total. The molecule has 0 bridgehead atoms. The predicted molar refractivity (Wildman–Crippen MR) is 58.6 cm³/mol. The van der Waals surface area contributed by atoms with E-state index in [2.05, 4.69) is 0 Å². The highest BCUT2D eigenvalue weighted by Crippen LogP contribution is 2.26. The molecule has 0 amide bonds. The highest BCUT2D eigenvalue weighted by molar-refractivity contribution is 7.08. The molecule has 0 saturated heterocycles.